The van der Waals surface area contributed by atoms with Gasteiger partial charge in [-0.3, -0.25) is 29.5 Å². The summed E-state index contributed by atoms with van der Waals surface area (Å²) < 4.78 is 73.5. The molecule has 1 aromatic heterocycles. The van der Waals surface area contributed by atoms with Crippen LogP contribution in [0, 0.1) is 21.4 Å². The van der Waals surface area contributed by atoms with Crippen LogP contribution in [0.5, 0.6) is 0 Å². The van der Waals surface area contributed by atoms with Gasteiger partial charge in [-0.2, -0.15) is 32.0 Å². The number of hydrogen-bond donors (Lipinski definition) is 2. The van der Waals surface area contributed by atoms with E-state index in [0.717, 1.165) is 34.9 Å². The van der Waals surface area contributed by atoms with Crippen LogP contribution in [-0.4, -0.2) is 39.1 Å². The number of nitriles is 1. The predicted molar refractivity (Wildman–Crippen MR) is 118 cm³/mol. The number of carbonyl (C=O) groups is 1. The number of nitro groups is 1. The smallest absolute Gasteiger partial charge is 0.282 e. The first-order valence-corrected chi connectivity index (χ1v) is 11.0. The normalized spacial score (nSPS) is 15.2. The second-order valence-electron chi connectivity index (χ2n) is 7.37. The van der Waals surface area contributed by atoms with Gasteiger partial charge in [0.1, 0.15) is 11.6 Å². The Bertz CT molecular complexity index is 1700. The number of nitrogens with one attached hydrogen (secondary N) is 1. The van der Waals surface area contributed by atoms with Crippen molar-refractivity contribution in [1.29, 1.82) is 5.26 Å². The molecule has 0 bridgehead atoms. The number of alkyl halides is 3. The number of halogens is 3. The summed E-state index contributed by atoms with van der Waals surface area (Å²) in [5, 5.41) is 24.3. The highest BCUT2D eigenvalue weighted by Crippen LogP contribution is 2.37. The van der Waals surface area contributed by atoms with Crippen molar-refractivity contribution >= 4 is 49.7 Å². The second-order valence-corrected chi connectivity index (χ2v) is 8.79. The van der Waals surface area contributed by atoms with Gasteiger partial charge >= 0.3 is 6.18 Å². The topological polar surface area (TPSA) is 181 Å². The number of benzene rings is 2. The molecule has 3 aromatic rings. The number of anilines is 1. The van der Waals surface area contributed by atoms with E-state index in [2.05, 4.69) is 15.5 Å². The Morgan fingerprint density at radius 1 is 1.25 bits per heavy atom. The Morgan fingerprint density at radius 3 is 2.53 bits per heavy atom. The van der Waals surface area contributed by atoms with E-state index in [1.165, 1.54) is 6.92 Å². The van der Waals surface area contributed by atoms with E-state index in [0.29, 0.717) is 6.07 Å². The highest BCUT2D eigenvalue weighted by atomic mass is 32.2. The van der Waals surface area contributed by atoms with Crippen LogP contribution in [-0.2, 0) is 16.3 Å². The van der Waals surface area contributed by atoms with Gasteiger partial charge in [0.05, 0.1) is 32.1 Å². The maximum Gasteiger partial charge on any atom is 0.418 e. The number of nitrogens with zero attached hydrogens (tertiary/aromatic N) is 5. The number of fused-ring (bicyclic) bond motifs is 3. The molecule has 16 heteroatoms. The Balaban J connectivity index is 1.85. The molecule has 2 heterocycles. The van der Waals surface area contributed by atoms with Crippen molar-refractivity contribution in [2.24, 2.45) is 5.10 Å². The first kappa shape index (κ1) is 24.5. The van der Waals surface area contributed by atoms with Crippen LogP contribution < -0.4 is 5.43 Å². The number of non-ortho nitro benzene ring substituents is 1. The molecular formula is C20H11F3N6O6S. The molecule has 0 fully saturated rings. The monoisotopic (exact) mass is 520 g/mol. The predicted octanol–water partition coefficient (Wildman–Crippen LogP) is 3.63. The minimum atomic E-state index is -4.99. The molecule has 0 radical (unpaired) electrons. The summed E-state index contributed by atoms with van der Waals surface area (Å²) in [7, 11) is -4.59. The average molecular weight is 520 g/mol. The van der Waals surface area contributed by atoms with Gasteiger partial charge in [-0.1, -0.05) is 0 Å². The molecule has 0 atom stereocenters. The SMILES string of the molecule is CC1=C(C#N)c2nc3cc(S(=O)(=O)O)ccc3n2C(=O)/C1=N/Nc1ccc([N+](=O)[O-])cc1C(F)(F)F. The van der Waals surface area contributed by atoms with Gasteiger partial charge in [0.2, 0.25) is 0 Å². The van der Waals surface area contributed by atoms with Gasteiger partial charge in [-0.05, 0) is 31.2 Å². The highest BCUT2D eigenvalue weighted by Gasteiger charge is 2.36. The number of imidazole rings is 1. The lowest BCUT2D eigenvalue weighted by molar-refractivity contribution is -0.385. The molecule has 1 aliphatic rings. The summed E-state index contributed by atoms with van der Waals surface area (Å²) in [6.07, 6.45) is -4.99. The zero-order valence-corrected chi connectivity index (χ0v) is 18.5. The quantitative estimate of drug-likeness (QED) is 0.295. The van der Waals surface area contributed by atoms with E-state index in [9.17, 15) is 46.3 Å². The molecule has 0 spiro atoms. The minimum Gasteiger partial charge on any atom is -0.282 e. The van der Waals surface area contributed by atoms with E-state index >= 15 is 0 Å². The fraction of sp³-hybridized carbons (Fsp3) is 0.100. The number of hydrogen-bond acceptors (Lipinski definition) is 9. The summed E-state index contributed by atoms with van der Waals surface area (Å²) >= 11 is 0. The maximum atomic E-state index is 13.5. The molecule has 0 amide bonds. The zero-order valence-electron chi connectivity index (χ0n) is 17.7. The van der Waals surface area contributed by atoms with E-state index < -0.39 is 54.7 Å². The Kier molecular flexibility index (Phi) is 5.62. The first-order valence-electron chi connectivity index (χ1n) is 9.59. The van der Waals surface area contributed by atoms with Gasteiger partial charge in [0, 0.05) is 17.7 Å². The van der Waals surface area contributed by atoms with Crippen molar-refractivity contribution in [2.45, 2.75) is 18.0 Å². The molecule has 184 valence electrons. The van der Waals surface area contributed by atoms with Crippen molar-refractivity contribution in [3.8, 4) is 6.07 Å². The van der Waals surface area contributed by atoms with Crippen molar-refractivity contribution in [1.82, 2.24) is 9.55 Å². The van der Waals surface area contributed by atoms with Crippen molar-refractivity contribution in [3.05, 3.63) is 63.5 Å². The average Bonchev–Trinajstić information content (AvgIpc) is 3.16. The Labute approximate surface area is 198 Å². The number of nitro benzene ring substituents is 1. The summed E-state index contributed by atoms with van der Waals surface area (Å²) in [6.45, 7) is 1.31. The van der Waals surface area contributed by atoms with Crippen LogP contribution >= 0.6 is 0 Å². The molecular weight excluding hydrogens is 509 g/mol. The van der Waals surface area contributed by atoms with E-state index in [-0.39, 0.29) is 28.0 Å². The maximum absolute atomic E-state index is 13.5. The summed E-state index contributed by atoms with van der Waals surface area (Å²) in [4.78, 5) is 26.7. The fourth-order valence-electron chi connectivity index (χ4n) is 3.51. The Hall–Kier alpha value is -4.62. The number of allylic oxidation sites excluding steroid dienone is 2. The summed E-state index contributed by atoms with van der Waals surface area (Å²) in [6, 6.07) is 6.87. The third-order valence-corrected chi connectivity index (χ3v) is 6.05. The first-order chi connectivity index (χ1) is 16.7. The van der Waals surface area contributed by atoms with Gasteiger partial charge in [-0.25, -0.2) is 4.98 Å². The molecule has 36 heavy (non-hydrogen) atoms. The van der Waals surface area contributed by atoms with Crippen LogP contribution in [0.1, 0.15) is 23.1 Å². The second kappa shape index (κ2) is 8.25. The molecule has 2 aromatic carbocycles. The van der Waals surface area contributed by atoms with Crippen molar-refractivity contribution in [3.63, 3.8) is 0 Å². The lowest BCUT2D eigenvalue weighted by atomic mass is 10.0. The highest BCUT2D eigenvalue weighted by molar-refractivity contribution is 7.85. The standard InChI is InChI=1S/C20H11F3N6O6S/c1-9-12(8-24)18-25-15-7-11(36(33,34)35)3-5-16(15)28(18)19(30)17(9)27-26-14-4-2-10(29(31)32)6-13(14)20(21,22)23/h2-7,26H,1H3,(H,33,34,35)/b27-17+. The molecule has 0 unspecified atom stereocenters. The zero-order chi connectivity index (χ0) is 26.6. The van der Waals surface area contributed by atoms with E-state index in [4.69, 9.17) is 0 Å². The van der Waals surface area contributed by atoms with Crippen molar-refractivity contribution < 1.29 is 35.9 Å². The molecule has 2 N–H and O–H groups in total. The number of rotatable bonds is 4. The molecule has 0 saturated heterocycles. The van der Waals surface area contributed by atoms with Crippen LogP contribution in [0.4, 0.5) is 24.5 Å². The van der Waals surface area contributed by atoms with Gasteiger partial charge in [-0.15, -0.1) is 0 Å². The summed E-state index contributed by atoms with van der Waals surface area (Å²) in [5.74, 6) is -1.06. The fourth-order valence-corrected chi connectivity index (χ4v) is 4.01. The number of hydrazone groups is 1. The lowest BCUT2D eigenvalue weighted by Gasteiger charge is -2.18. The largest absolute Gasteiger partial charge is 0.418 e. The molecule has 0 aliphatic carbocycles. The van der Waals surface area contributed by atoms with Crippen LogP contribution in [0.15, 0.2) is 52.0 Å². The summed E-state index contributed by atoms with van der Waals surface area (Å²) in [5.41, 5.74) is -1.47. The van der Waals surface area contributed by atoms with Gasteiger partial charge in [0.25, 0.3) is 21.7 Å². The van der Waals surface area contributed by atoms with Crippen LogP contribution in [0.25, 0.3) is 16.6 Å². The van der Waals surface area contributed by atoms with Gasteiger partial charge in [0.15, 0.2) is 11.5 Å². The number of aromatic nitrogens is 2. The molecule has 1 aliphatic heterocycles. The van der Waals surface area contributed by atoms with Crippen LogP contribution in [0.2, 0.25) is 0 Å². The van der Waals surface area contributed by atoms with Crippen LogP contribution in [0.3, 0.4) is 0 Å². The third-order valence-electron chi connectivity index (χ3n) is 5.20. The van der Waals surface area contributed by atoms with E-state index in [1.807, 2.05) is 6.07 Å². The number of carbonyl (C=O) groups excluding carboxylic acids is 1. The molecule has 4 rings (SSSR count). The minimum absolute atomic E-state index is 0.0386. The lowest BCUT2D eigenvalue weighted by Crippen LogP contribution is -2.30. The Morgan fingerprint density at radius 2 is 1.94 bits per heavy atom. The van der Waals surface area contributed by atoms with E-state index in [1.54, 1.807) is 0 Å². The molecule has 0 saturated carbocycles. The molecule has 12 nitrogen and oxygen atoms in total. The third kappa shape index (κ3) is 4.06. The van der Waals surface area contributed by atoms with Gasteiger partial charge < -0.3 is 0 Å². The van der Waals surface area contributed by atoms with Crippen molar-refractivity contribution in [2.75, 3.05) is 5.43 Å².